The fourth-order valence-corrected chi connectivity index (χ4v) is 1.17. The van der Waals surface area contributed by atoms with Gasteiger partial charge in [-0.05, 0) is 49.8 Å². The Labute approximate surface area is 100.0 Å². The molecule has 0 atom stereocenters. The number of hydrogen-bond donors (Lipinski definition) is 1. The van der Waals surface area contributed by atoms with E-state index >= 15 is 0 Å². The molecule has 1 N–H and O–H groups in total. The zero-order valence-electron chi connectivity index (χ0n) is 9.27. The summed E-state index contributed by atoms with van der Waals surface area (Å²) in [6.07, 6.45) is 1.79. The van der Waals surface area contributed by atoms with Gasteiger partial charge in [0.25, 0.3) is 0 Å². The monoisotopic (exact) mass is 239 g/mol. The molecule has 0 heterocycles. The average molecular weight is 240 g/mol. The molecule has 0 fully saturated rings. The number of rotatable bonds is 4. The molecule has 0 aliphatic heterocycles. The molecule has 0 saturated heterocycles. The number of allylic oxidation sites excluding steroid dienone is 1. The Morgan fingerprint density at radius 3 is 2.50 bits per heavy atom. The van der Waals surface area contributed by atoms with E-state index in [1.807, 2.05) is 24.3 Å². The summed E-state index contributed by atoms with van der Waals surface area (Å²) in [6, 6.07) is 7.31. The van der Waals surface area contributed by atoms with Gasteiger partial charge in [-0.1, -0.05) is 16.8 Å². The van der Waals surface area contributed by atoms with Crippen molar-refractivity contribution in [2.45, 2.75) is 13.8 Å². The van der Waals surface area contributed by atoms with Crippen molar-refractivity contribution in [2.24, 2.45) is 5.16 Å². The Balaban J connectivity index is 2.62. The Morgan fingerprint density at radius 1 is 1.38 bits per heavy atom. The van der Waals surface area contributed by atoms with E-state index in [1.54, 1.807) is 19.9 Å². The topological polar surface area (TPSA) is 41.8 Å². The van der Waals surface area contributed by atoms with E-state index in [-0.39, 0.29) is 0 Å². The molecule has 0 aliphatic carbocycles. The number of nitrogens with zero attached hydrogens (tertiary/aromatic N) is 1. The van der Waals surface area contributed by atoms with Crippen LogP contribution < -0.4 is 4.74 Å². The van der Waals surface area contributed by atoms with Gasteiger partial charge in [0, 0.05) is 5.03 Å². The molecule has 0 spiro atoms. The molecule has 0 saturated carbocycles. The van der Waals surface area contributed by atoms with Gasteiger partial charge in [-0.25, -0.2) is 0 Å². The van der Waals surface area contributed by atoms with Gasteiger partial charge in [0.05, 0.1) is 5.71 Å². The largest absolute Gasteiger partial charge is 0.489 e. The number of ether oxygens (including phenoxy) is 1. The van der Waals surface area contributed by atoms with Crippen LogP contribution >= 0.6 is 11.6 Å². The molecule has 0 aliphatic rings. The van der Waals surface area contributed by atoms with E-state index in [1.165, 1.54) is 0 Å². The fourth-order valence-electron chi connectivity index (χ4n) is 1.10. The van der Waals surface area contributed by atoms with Gasteiger partial charge in [-0.2, -0.15) is 0 Å². The highest BCUT2D eigenvalue weighted by molar-refractivity contribution is 6.29. The van der Waals surface area contributed by atoms with E-state index in [2.05, 4.69) is 5.16 Å². The lowest BCUT2D eigenvalue weighted by Gasteiger charge is -2.04. The number of oxime groups is 1. The summed E-state index contributed by atoms with van der Waals surface area (Å²) in [4.78, 5) is 0. The molecule has 16 heavy (non-hydrogen) atoms. The smallest absolute Gasteiger partial charge is 0.119 e. The van der Waals surface area contributed by atoms with Crippen LogP contribution in [-0.2, 0) is 0 Å². The van der Waals surface area contributed by atoms with Crippen molar-refractivity contribution in [3.63, 3.8) is 0 Å². The van der Waals surface area contributed by atoms with E-state index < -0.39 is 0 Å². The maximum atomic E-state index is 8.59. The minimum Gasteiger partial charge on any atom is -0.489 e. The van der Waals surface area contributed by atoms with Gasteiger partial charge in [0.2, 0.25) is 0 Å². The van der Waals surface area contributed by atoms with Crippen LogP contribution in [0.15, 0.2) is 40.5 Å². The third-order valence-electron chi connectivity index (χ3n) is 2.04. The molecule has 1 aromatic carbocycles. The van der Waals surface area contributed by atoms with Gasteiger partial charge in [0.15, 0.2) is 0 Å². The molecule has 3 nitrogen and oxygen atoms in total. The number of halogens is 1. The second-order valence-corrected chi connectivity index (χ2v) is 3.91. The van der Waals surface area contributed by atoms with Crippen LogP contribution in [0.25, 0.3) is 0 Å². The van der Waals surface area contributed by atoms with Crippen LogP contribution in [0, 0.1) is 0 Å². The Morgan fingerprint density at radius 2 is 2.00 bits per heavy atom. The van der Waals surface area contributed by atoms with Crippen molar-refractivity contribution in [3.05, 3.63) is 40.9 Å². The molecule has 0 unspecified atom stereocenters. The van der Waals surface area contributed by atoms with Crippen molar-refractivity contribution in [3.8, 4) is 5.75 Å². The molecule has 4 heteroatoms. The van der Waals surface area contributed by atoms with Gasteiger partial charge in [0.1, 0.15) is 12.4 Å². The van der Waals surface area contributed by atoms with Crippen molar-refractivity contribution in [2.75, 3.05) is 6.61 Å². The Hall–Kier alpha value is -1.48. The minimum atomic E-state index is 0.446. The van der Waals surface area contributed by atoms with Crippen LogP contribution in [0.1, 0.15) is 19.4 Å². The van der Waals surface area contributed by atoms with E-state index in [0.717, 1.165) is 11.3 Å². The Kier molecular flexibility index (Phi) is 4.86. The second kappa shape index (κ2) is 6.18. The van der Waals surface area contributed by atoms with Crippen molar-refractivity contribution in [1.82, 2.24) is 0 Å². The predicted octanol–water partition coefficient (Wildman–Crippen LogP) is 3.41. The van der Waals surface area contributed by atoms with Gasteiger partial charge >= 0.3 is 0 Å². The number of hydrogen-bond acceptors (Lipinski definition) is 3. The third kappa shape index (κ3) is 3.95. The molecular formula is C12H14ClNO2. The summed E-state index contributed by atoms with van der Waals surface area (Å²) in [5.41, 5.74) is 1.43. The molecule has 86 valence electrons. The first-order valence-electron chi connectivity index (χ1n) is 4.87. The standard InChI is InChI=1S/C12H14ClNO2/c1-9(13)7-8-16-12-5-3-11(4-6-12)10(2)14-15/h3-7,15H,8H2,1-2H3/b9-7-,14-10-. The van der Waals surface area contributed by atoms with Crippen molar-refractivity contribution >= 4 is 17.3 Å². The zero-order valence-corrected chi connectivity index (χ0v) is 10.0. The SMILES string of the molecule is C/C(Cl)=C/COc1ccc(/C(C)=N\O)cc1. The summed E-state index contributed by atoms with van der Waals surface area (Å²) in [7, 11) is 0. The molecule has 1 aromatic rings. The maximum absolute atomic E-state index is 8.59. The molecule has 0 radical (unpaired) electrons. The maximum Gasteiger partial charge on any atom is 0.119 e. The van der Waals surface area contributed by atoms with E-state index in [4.69, 9.17) is 21.5 Å². The minimum absolute atomic E-state index is 0.446. The zero-order chi connectivity index (χ0) is 12.0. The lowest BCUT2D eigenvalue weighted by atomic mass is 10.1. The van der Waals surface area contributed by atoms with Crippen LogP contribution in [0.4, 0.5) is 0 Å². The highest BCUT2D eigenvalue weighted by Gasteiger charge is 1.98. The summed E-state index contributed by atoms with van der Waals surface area (Å²) >= 11 is 5.67. The van der Waals surface area contributed by atoms with Crippen LogP contribution in [0.3, 0.4) is 0 Å². The first kappa shape index (κ1) is 12.6. The van der Waals surface area contributed by atoms with Crippen LogP contribution in [-0.4, -0.2) is 17.5 Å². The highest BCUT2D eigenvalue weighted by Crippen LogP contribution is 2.13. The van der Waals surface area contributed by atoms with Crippen molar-refractivity contribution in [1.29, 1.82) is 0 Å². The first-order valence-corrected chi connectivity index (χ1v) is 5.25. The molecule has 0 aromatic heterocycles. The van der Waals surface area contributed by atoms with Crippen LogP contribution in [0.5, 0.6) is 5.75 Å². The quantitative estimate of drug-likeness (QED) is 0.497. The first-order chi connectivity index (χ1) is 7.63. The van der Waals surface area contributed by atoms with Gasteiger partial charge in [-0.3, -0.25) is 0 Å². The normalized spacial score (nSPS) is 12.7. The molecule has 0 bridgehead atoms. The van der Waals surface area contributed by atoms with Crippen LogP contribution in [0.2, 0.25) is 0 Å². The number of benzene rings is 1. The summed E-state index contributed by atoms with van der Waals surface area (Å²) < 4.78 is 5.42. The lowest BCUT2D eigenvalue weighted by molar-refractivity contribution is 0.319. The second-order valence-electron chi connectivity index (χ2n) is 3.31. The average Bonchev–Trinajstić information content (AvgIpc) is 2.28. The summed E-state index contributed by atoms with van der Waals surface area (Å²) in [5, 5.41) is 12.4. The molecule has 1 rings (SSSR count). The summed E-state index contributed by atoms with van der Waals surface area (Å²) in [6.45, 7) is 3.98. The lowest BCUT2D eigenvalue weighted by Crippen LogP contribution is -1.96. The van der Waals surface area contributed by atoms with Crippen molar-refractivity contribution < 1.29 is 9.94 Å². The third-order valence-corrected chi connectivity index (χ3v) is 2.19. The van der Waals surface area contributed by atoms with E-state index in [0.29, 0.717) is 17.4 Å². The van der Waals surface area contributed by atoms with E-state index in [9.17, 15) is 0 Å². The Bertz CT molecular complexity index is 392. The van der Waals surface area contributed by atoms with Gasteiger partial charge in [-0.15, -0.1) is 0 Å². The molecule has 0 amide bonds. The van der Waals surface area contributed by atoms with Gasteiger partial charge < -0.3 is 9.94 Å². The fraction of sp³-hybridized carbons (Fsp3) is 0.250. The highest BCUT2D eigenvalue weighted by atomic mass is 35.5. The molecular weight excluding hydrogens is 226 g/mol. The predicted molar refractivity (Wildman–Crippen MR) is 65.5 cm³/mol. The summed E-state index contributed by atoms with van der Waals surface area (Å²) in [5.74, 6) is 0.753.